The van der Waals surface area contributed by atoms with E-state index in [1.54, 1.807) is 6.07 Å². The van der Waals surface area contributed by atoms with E-state index in [9.17, 15) is 19.3 Å². The Kier molecular flexibility index (Phi) is 5.42. The van der Waals surface area contributed by atoms with E-state index in [1.807, 2.05) is 0 Å². The molecule has 0 saturated heterocycles. The van der Waals surface area contributed by atoms with Gasteiger partial charge in [-0.05, 0) is 35.1 Å². The first kappa shape index (κ1) is 17.8. The van der Waals surface area contributed by atoms with Crippen LogP contribution in [0.25, 0.3) is 0 Å². The number of amides is 1. The fourth-order valence-electron chi connectivity index (χ4n) is 2.41. The van der Waals surface area contributed by atoms with E-state index in [4.69, 9.17) is 0 Å². The predicted octanol–water partition coefficient (Wildman–Crippen LogP) is 1.03. The molecule has 0 radical (unpaired) electrons. The minimum atomic E-state index is -0.758. The van der Waals surface area contributed by atoms with Gasteiger partial charge in [-0.2, -0.15) is 4.68 Å². The van der Waals surface area contributed by atoms with Crippen LogP contribution in [0.2, 0.25) is 0 Å². The molecule has 0 unspecified atom stereocenters. The molecule has 0 spiro atoms. The van der Waals surface area contributed by atoms with Crippen LogP contribution < -0.4 is 10.6 Å². The summed E-state index contributed by atoms with van der Waals surface area (Å²) >= 11 is 0. The summed E-state index contributed by atoms with van der Waals surface area (Å²) in [5.41, 5.74) is 1.56. The second-order valence-corrected chi connectivity index (χ2v) is 5.04. The highest BCUT2D eigenvalue weighted by molar-refractivity contribution is 5.90. The normalized spacial score (nSPS) is 12.9. The molecule has 0 fully saturated rings. The first-order valence-electron chi connectivity index (χ1n) is 6.89. The van der Waals surface area contributed by atoms with Gasteiger partial charge in [0.2, 0.25) is 12.2 Å². The van der Waals surface area contributed by atoms with Gasteiger partial charge in [0.05, 0.1) is 5.69 Å². The van der Waals surface area contributed by atoms with Crippen LogP contribution in [0.3, 0.4) is 0 Å². The Bertz CT molecular complexity index is 781. The van der Waals surface area contributed by atoms with E-state index in [0.29, 0.717) is 25.1 Å². The smallest absolute Gasteiger partial charge is 0.390 e. The van der Waals surface area contributed by atoms with Crippen molar-refractivity contribution >= 4 is 29.9 Å². The van der Waals surface area contributed by atoms with Gasteiger partial charge >= 0.3 is 5.95 Å². The van der Waals surface area contributed by atoms with Gasteiger partial charge in [-0.15, -0.1) is 12.4 Å². The van der Waals surface area contributed by atoms with Crippen molar-refractivity contribution in [1.29, 1.82) is 0 Å². The van der Waals surface area contributed by atoms with E-state index < -0.39 is 22.6 Å². The quantitative estimate of drug-likeness (QED) is 0.624. The molecule has 1 aliphatic heterocycles. The summed E-state index contributed by atoms with van der Waals surface area (Å²) in [7, 11) is 0. The van der Waals surface area contributed by atoms with Crippen LogP contribution in [-0.2, 0) is 24.3 Å². The molecular formula is C13H14ClFN6O3. The van der Waals surface area contributed by atoms with Crippen LogP contribution in [0.15, 0.2) is 18.5 Å². The average molecular weight is 357 g/mol. The van der Waals surface area contributed by atoms with Gasteiger partial charge in [0.25, 0.3) is 0 Å². The number of nitrogens with one attached hydrogen (secondary N) is 2. The van der Waals surface area contributed by atoms with E-state index >= 15 is 0 Å². The van der Waals surface area contributed by atoms with Gasteiger partial charge in [-0.25, -0.2) is 4.39 Å². The lowest BCUT2D eigenvalue weighted by Gasteiger charge is -2.19. The number of hydrogen-bond acceptors (Lipinski definition) is 6. The standard InChI is InChI=1S/C13H13FN6O3.ClH/c14-12-9-3-4-15-5-8(9)1-2-10(12)17-11(21)6-19-7-16-13(18-19)20(22)23;/h1-2,7,15H,3-6H2,(H,17,21);1H. The van der Waals surface area contributed by atoms with Crippen LogP contribution >= 0.6 is 12.4 Å². The van der Waals surface area contributed by atoms with E-state index in [1.165, 1.54) is 6.07 Å². The van der Waals surface area contributed by atoms with E-state index in [2.05, 4.69) is 20.7 Å². The lowest BCUT2D eigenvalue weighted by molar-refractivity contribution is -0.394. The molecule has 0 aliphatic carbocycles. The van der Waals surface area contributed by atoms with Crippen molar-refractivity contribution in [2.24, 2.45) is 0 Å². The molecule has 2 aromatic rings. The molecule has 1 aromatic carbocycles. The number of nitro groups is 1. The second kappa shape index (κ2) is 7.32. The number of carbonyl (C=O) groups is 1. The van der Waals surface area contributed by atoms with Crippen LogP contribution in [0.1, 0.15) is 11.1 Å². The SMILES string of the molecule is Cl.O=C(Cn1cnc([N+](=O)[O-])n1)Nc1ccc2c(c1F)CCNC2. The Morgan fingerprint density at radius 3 is 3.00 bits per heavy atom. The zero-order chi connectivity index (χ0) is 16.4. The van der Waals surface area contributed by atoms with Crippen molar-refractivity contribution in [1.82, 2.24) is 20.1 Å². The first-order valence-corrected chi connectivity index (χ1v) is 6.89. The highest BCUT2D eigenvalue weighted by Gasteiger charge is 2.19. The van der Waals surface area contributed by atoms with Crippen molar-refractivity contribution in [2.45, 2.75) is 19.5 Å². The summed E-state index contributed by atoms with van der Waals surface area (Å²) in [6.45, 7) is 0.992. The maximum absolute atomic E-state index is 14.4. The summed E-state index contributed by atoms with van der Waals surface area (Å²) in [6, 6.07) is 3.27. The molecule has 2 heterocycles. The molecule has 0 saturated carbocycles. The summed E-state index contributed by atoms with van der Waals surface area (Å²) in [5, 5.41) is 19.6. The molecule has 9 nitrogen and oxygen atoms in total. The lowest BCUT2D eigenvalue weighted by atomic mass is 9.99. The zero-order valence-corrected chi connectivity index (χ0v) is 13.2. The fraction of sp³-hybridized carbons (Fsp3) is 0.308. The number of benzene rings is 1. The highest BCUT2D eigenvalue weighted by atomic mass is 35.5. The Balaban J connectivity index is 0.00000208. The molecule has 0 atom stereocenters. The second-order valence-electron chi connectivity index (χ2n) is 5.04. The molecule has 1 aromatic heterocycles. The minimum Gasteiger partial charge on any atom is -0.390 e. The molecule has 2 N–H and O–H groups in total. The Labute approximate surface area is 141 Å². The Morgan fingerprint density at radius 1 is 1.50 bits per heavy atom. The van der Waals surface area contributed by atoms with Gasteiger partial charge < -0.3 is 20.7 Å². The maximum atomic E-state index is 14.4. The molecule has 3 rings (SSSR count). The molecule has 24 heavy (non-hydrogen) atoms. The number of hydrogen-bond donors (Lipinski definition) is 2. The van der Waals surface area contributed by atoms with Crippen LogP contribution in [0.4, 0.5) is 16.0 Å². The number of carbonyl (C=O) groups excluding carboxylic acids is 1. The van der Waals surface area contributed by atoms with Gasteiger partial charge in [0.1, 0.15) is 12.4 Å². The monoisotopic (exact) mass is 356 g/mol. The number of anilines is 1. The van der Waals surface area contributed by atoms with Gasteiger partial charge in [-0.3, -0.25) is 4.79 Å². The fourth-order valence-corrected chi connectivity index (χ4v) is 2.41. The summed E-state index contributed by atoms with van der Waals surface area (Å²) in [5.74, 6) is -1.58. The minimum absolute atomic E-state index is 0. The van der Waals surface area contributed by atoms with Crippen molar-refractivity contribution < 1.29 is 14.1 Å². The van der Waals surface area contributed by atoms with Crippen molar-refractivity contribution in [3.8, 4) is 0 Å². The molecule has 128 valence electrons. The highest BCUT2D eigenvalue weighted by Crippen LogP contribution is 2.24. The molecule has 0 bridgehead atoms. The summed E-state index contributed by atoms with van der Waals surface area (Å²) in [6.07, 6.45) is 1.63. The van der Waals surface area contributed by atoms with Crippen LogP contribution in [-0.4, -0.2) is 32.1 Å². The third kappa shape index (κ3) is 3.66. The summed E-state index contributed by atoms with van der Waals surface area (Å²) < 4.78 is 15.4. The number of rotatable bonds is 4. The topological polar surface area (TPSA) is 115 Å². The third-order valence-electron chi connectivity index (χ3n) is 3.47. The van der Waals surface area contributed by atoms with Crippen LogP contribution in [0, 0.1) is 15.9 Å². The van der Waals surface area contributed by atoms with Gasteiger partial charge in [0.15, 0.2) is 0 Å². The number of nitrogens with zero attached hydrogens (tertiary/aromatic N) is 4. The Morgan fingerprint density at radius 2 is 2.29 bits per heavy atom. The zero-order valence-electron chi connectivity index (χ0n) is 12.4. The van der Waals surface area contributed by atoms with Crippen molar-refractivity contribution in [3.05, 3.63) is 45.5 Å². The number of aromatic nitrogens is 3. The number of fused-ring (bicyclic) bond motifs is 1. The van der Waals surface area contributed by atoms with E-state index in [0.717, 1.165) is 16.6 Å². The van der Waals surface area contributed by atoms with Gasteiger partial charge in [-0.1, -0.05) is 11.1 Å². The van der Waals surface area contributed by atoms with Crippen molar-refractivity contribution in [3.63, 3.8) is 0 Å². The third-order valence-corrected chi connectivity index (χ3v) is 3.47. The largest absolute Gasteiger partial charge is 0.490 e. The van der Waals surface area contributed by atoms with Crippen LogP contribution in [0.5, 0.6) is 0 Å². The predicted molar refractivity (Wildman–Crippen MR) is 84.4 cm³/mol. The average Bonchev–Trinajstić information content (AvgIpc) is 2.99. The van der Waals surface area contributed by atoms with Gasteiger partial charge in [0, 0.05) is 11.6 Å². The maximum Gasteiger partial charge on any atom is 0.490 e. The molecule has 1 amide bonds. The van der Waals surface area contributed by atoms with Crippen molar-refractivity contribution in [2.75, 3.05) is 11.9 Å². The molecule has 11 heteroatoms. The first-order chi connectivity index (χ1) is 11.0. The molecular weight excluding hydrogens is 343 g/mol. The Hall–Kier alpha value is -2.59. The molecule has 1 aliphatic rings. The lowest BCUT2D eigenvalue weighted by Crippen LogP contribution is -2.26. The number of halogens is 2. The van der Waals surface area contributed by atoms with E-state index in [-0.39, 0.29) is 24.6 Å². The summed E-state index contributed by atoms with van der Waals surface area (Å²) in [4.78, 5) is 25.1.